The molecule has 2 fully saturated rings. The molecule has 30 heavy (non-hydrogen) atoms. The molecular weight excluding hydrogens is 376 g/mol. The number of fused-ring (bicyclic) bond motifs is 4. The van der Waals surface area contributed by atoms with Crippen molar-refractivity contribution in [1.29, 1.82) is 0 Å². The van der Waals surface area contributed by atoms with E-state index in [1.165, 1.54) is 32.5 Å². The Bertz CT molecular complexity index is 1040. The maximum atomic E-state index is 13.8. The predicted molar refractivity (Wildman–Crippen MR) is 116 cm³/mol. The fourth-order valence-electron chi connectivity index (χ4n) is 6.23. The van der Waals surface area contributed by atoms with Crippen LogP contribution in [0.15, 0.2) is 30.5 Å². The van der Waals surface area contributed by atoms with E-state index >= 15 is 0 Å². The molecule has 1 aliphatic carbocycles. The summed E-state index contributed by atoms with van der Waals surface area (Å²) in [6.07, 6.45) is 6.84. The lowest BCUT2D eigenvalue weighted by Gasteiger charge is -2.43. The third-order valence-electron chi connectivity index (χ3n) is 7.60. The maximum Gasteiger partial charge on any atom is 0.249 e. The molecule has 1 aromatic carbocycles. The Morgan fingerprint density at radius 3 is 2.97 bits per heavy atom. The van der Waals surface area contributed by atoms with Crippen molar-refractivity contribution in [3.05, 3.63) is 41.6 Å². The number of likely N-dealkylation sites (N-methyl/N-ethyl adjacent to an activating group) is 1. The molecule has 1 amide bonds. The summed E-state index contributed by atoms with van der Waals surface area (Å²) in [6.45, 7) is 6.71. The number of quaternary nitrogens is 1. The lowest BCUT2D eigenvalue weighted by Crippen LogP contribution is -3.15. The van der Waals surface area contributed by atoms with Gasteiger partial charge in [-0.3, -0.25) is 9.80 Å². The van der Waals surface area contributed by atoms with Crippen LogP contribution in [0.4, 0.5) is 0 Å². The summed E-state index contributed by atoms with van der Waals surface area (Å²) < 4.78 is 5.78. The molecule has 6 nitrogen and oxygen atoms in total. The molecule has 2 aromatic rings. The van der Waals surface area contributed by atoms with Crippen LogP contribution >= 0.6 is 0 Å². The van der Waals surface area contributed by atoms with Crippen molar-refractivity contribution < 1.29 is 14.4 Å². The molecule has 1 unspecified atom stereocenters. The molecule has 6 rings (SSSR count). The van der Waals surface area contributed by atoms with E-state index in [9.17, 15) is 4.79 Å². The number of H-pyrrole nitrogens is 1. The van der Waals surface area contributed by atoms with E-state index < -0.39 is 0 Å². The SMILES string of the molecule is CC(C)N(C(=O)[C@@H]1C=C2c3cccc4[nH]cc(c34)C[C@H]2[NH+](C)C1)N1C[C@@H]2C[C@H]1CO2. The molecule has 4 heterocycles. The molecule has 2 N–H and O–H groups in total. The summed E-state index contributed by atoms with van der Waals surface area (Å²) in [6, 6.07) is 7.43. The highest BCUT2D eigenvalue weighted by Crippen LogP contribution is 2.38. The number of nitrogens with one attached hydrogen (secondary N) is 2. The van der Waals surface area contributed by atoms with Crippen molar-refractivity contribution in [3.8, 4) is 0 Å². The molecule has 1 aromatic heterocycles. The number of carbonyl (C=O) groups excluding carboxylic acids is 1. The summed E-state index contributed by atoms with van der Waals surface area (Å²) in [7, 11) is 2.25. The number of benzene rings is 1. The van der Waals surface area contributed by atoms with Gasteiger partial charge in [0.25, 0.3) is 0 Å². The van der Waals surface area contributed by atoms with Gasteiger partial charge in [-0.1, -0.05) is 18.2 Å². The van der Waals surface area contributed by atoms with Crippen LogP contribution in [0.1, 0.15) is 31.4 Å². The average Bonchev–Trinajstić information content (AvgIpc) is 3.45. The maximum absolute atomic E-state index is 13.8. The first-order valence-electron chi connectivity index (χ1n) is 11.4. The number of morpholine rings is 1. The summed E-state index contributed by atoms with van der Waals surface area (Å²) in [5.74, 6) is 0.157. The number of rotatable bonds is 3. The average molecular weight is 408 g/mol. The lowest BCUT2D eigenvalue weighted by molar-refractivity contribution is -0.900. The van der Waals surface area contributed by atoms with Crippen LogP contribution in [0.3, 0.4) is 0 Å². The fourth-order valence-corrected chi connectivity index (χ4v) is 6.23. The van der Waals surface area contributed by atoms with E-state index in [4.69, 9.17) is 4.74 Å². The summed E-state index contributed by atoms with van der Waals surface area (Å²) >= 11 is 0. The molecule has 6 heteroatoms. The number of nitrogens with zero attached hydrogens (tertiary/aromatic N) is 2. The van der Waals surface area contributed by atoms with Crippen molar-refractivity contribution in [1.82, 2.24) is 15.0 Å². The van der Waals surface area contributed by atoms with Gasteiger partial charge in [-0.05, 0) is 37.5 Å². The molecular formula is C24H31N4O2+. The van der Waals surface area contributed by atoms with E-state index in [1.807, 2.05) is 5.01 Å². The Kier molecular flexibility index (Phi) is 4.14. The van der Waals surface area contributed by atoms with E-state index in [0.29, 0.717) is 12.1 Å². The van der Waals surface area contributed by atoms with Gasteiger partial charge in [0.1, 0.15) is 12.0 Å². The number of carbonyl (C=O) groups is 1. The van der Waals surface area contributed by atoms with Crippen LogP contribution in [0.5, 0.6) is 0 Å². The Labute approximate surface area is 177 Å². The fraction of sp³-hybridized carbons (Fsp3) is 0.542. The highest BCUT2D eigenvalue weighted by Gasteiger charge is 2.46. The van der Waals surface area contributed by atoms with Gasteiger partial charge in [-0.25, -0.2) is 5.01 Å². The number of amides is 1. The van der Waals surface area contributed by atoms with Gasteiger partial charge in [-0.15, -0.1) is 0 Å². The molecule has 4 aliphatic rings. The van der Waals surface area contributed by atoms with Crippen LogP contribution < -0.4 is 4.90 Å². The van der Waals surface area contributed by atoms with Gasteiger partial charge in [-0.2, -0.15) is 0 Å². The Morgan fingerprint density at radius 2 is 2.23 bits per heavy atom. The van der Waals surface area contributed by atoms with Gasteiger partial charge >= 0.3 is 0 Å². The van der Waals surface area contributed by atoms with E-state index in [0.717, 1.165) is 32.5 Å². The molecule has 0 radical (unpaired) electrons. The summed E-state index contributed by atoms with van der Waals surface area (Å²) in [4.78, 5) is 18.7. The van der Waals surface area contributed by atoms with Crippen LogP contribution in [-0.4, -0.2) is 71.9 Å². The second-order valence-electron chi connectivity index (χ2n) is 9.82. The first kappa shape index (κ1) is 18.6. The second kappa shape index (κ2) is 6.67. The molecule has 0 saturated carbocycles. The van der Waals surface area contributed by atoms with Crippen molar-refractivity contribution in [3.63, 3.8) is 0 Å². The van der Waals surface area contributed by atoms with Crippen molar-refractivity contribution in [2.75, 3.05) is 26.7 Å². The van der Waals surface area contributed by atoms with Crippen LogP contribution in [0, 0.1) is 5.92 Å². The van der Waals surface area contributed by atoms with Crippen molar-refractivity contribution >= 4 is 22.4 Å². The Morgan fingerprint density at radius 1 is 1.37 bits per heavy atom. The van der Waals surface area contributed by atoms with Gasteiger partial charge < -0.3 is 14.6 Å². The first-order valence-corrected chi connectivity index (χ1v) is 11.4. The van der Waals surface area contributed by atoms with E-state index in [1.54, 1.807) is 0 Å². The molecule has 0 spiro atoms. The number of hydrogen-bond acceptors (Lipinski definition) is 3. The third kappa shape index (κ3) is 2.63. The highest BCUT2D eigenvalue weighted by molar-refractivity contribution is 5.98. The molecule has 2 bridgehead atoms. The highest BCUT2D eigenvalue weighted by atomic mass is 16.5. The lowest BCUT2D eigenvalue weighted by atomic mass is 9.79. The van der Waals surface area contributed by atoms with Crippen molar-refractivity contribution in [2.45, 2.75) is 50.9 Å². The molecule has 5 atom stereocenters. The van der Waals surface area contributed by atoms with Crippen LogP contribution in [0.25, 0.3) is 16.5 Å². The van der Waals surface area contributed by atoms with E-state index in [-0.39, 0.29) is 24.0 Å². The quantitative estimate of drug-likeness (QED) is 0.805. The smallest absolute Gasteiger partial charge is 0.249 e. The van der Waals surface area contributed by atoms with Crippen LogP contribution in [0.2, 0.25) is 0 Å². The largest absolute Gasteiger partial charge is 0.375 e. The standard InChI is InChI=1S/C24H30N4O2/c1-14(2)28(27-12-18-9-17(27)13-30-18)24(29)16-7-20-19-5-4-6-21-23(19)15(10-25-21)8-22(20)26(3)11-16/h4-7,10,14,16-18,22,25H,8-9,11-13H2,1-3H3/p+1/t16-,17+,18+,22-/m1/s1. The number of ether oxygens (including phenoxy) is 1. The Hall–Kier alpha value is -2.15. The molecule has 3 aliphatic heterocycles. The third-order valence-corrected chi connectivity index (χ3v) is 7.60. The minimum Gasteiger partial charge on any atom is -0.375 e. The second-order valence-corrected chi connectivity index (χ2v) is 9.82. The number of hydrazine groups is 1. The number of aromatic amines is 1. The minimum atomic E-state index is -0.0885. The molecule has 2 saturated heterocycles. The van der Waals surface area contributed by atoms with Gasteiger partial charge in [0.05, 0.1) is 32.3 Å². The number of hydrogen-bond donors (Lipinski definition) is 2. The summed E-state index contributed by atoms with van der Waals surface area (Å²) in [5, 5.41) is 5.69. The first-order chi connectivity index (χ1) is 14.5. The van der Waals surface area contributed by atoms with Crippen molar-refractivity contribution in [2.24, 2.45) is 5.92 Å². The topological polar surface area (TPSA) is 53.0 Å². The monoisotopic (exact) mass is 407 g/mol. The van der Waals surface area contributed by atoms with Crippen LogP contribution in [-0.2, 0) is 16.0 Å². The zero-order valence-corrected chi connectivity index (χ0v) is 18.0. The summed E-state index contributed by atoms with van der Waals surface area (Å²) in [5.41, 5.74) is 5.26. The zero-order chi connectivity index (χ0) is 20.6. The number of aromatic nitrogens is 1. The minimum absolute atomic E-state index is 0.0885. The van der Waals surface area contributed by atoms with Gasteiger partial charge in [0, 0.05) is 41.7 Å². The predicted octanol–water partition coefficient (Wildman–Crippen LogP) is 1.25. The zero-order valence-electron chi connectivity index (χ0n) is 18.0. The van der Waals surface area contributed by atoms with E-state index in [2.05, 4.69) is 61.4 Å². The normalized spacial score (nSPS) is 32.5. The van der Waals surface area contributed by atoms with Gasteiger partial charge in [0.2, 0.25) is 5.91 Å². The Balaban J connectivity index is 1.37. The van der Waals surface area contributed by atoms with Gasteiger partial charge in [0.15, 0.2) is 0 Å². The molecule has 158 valence electrons.